The number of carboxylic acids is 1. The third-order valence-electron chi connectivity index (χ3n) is 2.98. The fraction of sp³-hybridized carbons (Fsp3) is 0. The zero-order chi connectivity index (χ0) is 12.9. The Morgan fingerprint density at radius 2 is 1.67 bits per heavy atom. The highest BCUT2D eigenvalue weighted by Crippen LogP contribution is 2.28. The molecule has 0 amide bonds. The van der Waals surface area contributed by atoms with E-state index in [-0.39, 0.29) is 28.2 Å². The molecule has 0 atom stereocenters. The van der Waals surface area contributed by atoms with E-state index in [0.29, 0.717) is 5.56 Å². The highest BCUT2D eigenvalue weighted by atomic mass is 16.4. The van der Waals surface area contributed by atoms with Crippen LogP contribution in [-0.2, 0) is 0 Å². The van der Waals surface area contributed by atoms with Crippen LogP contribution in [-0.4, -0.2) is 27.6 Å². The summed E-state index contributed by atoms with van der Waals surface area (Å²) in [5, 5.41) is 9.00. The van der Waals surface area contributed by atoms with Crippen molar-refractivity contribution in [3.63, 3.8) is 0 Å². The van der Waals surface area contributed by atoms with Gasteiger partial charge in [-0.1, -0.05) is 24.3 Å². The Balaban J connectivity index is 2.33. The Bertz CT molecular complexity index is 712. The number of carboxylic acid groups (broad SMARTS) is 1. The number of aromatic nitrogens is 1. The Kier molecular flexibility index (Phi) is 1.98. The highest BCUT2D eigenvalue weighted by molar-refractivity contribution is 6.30. The number of H-pyrrole nitrogens is 1. The fourth-order valence-electron chi connectivity index (χ4n) is 2.16. The molecule has 88 valence electrons. The van der Waals surface area contributed by atoms with E-state index in [1.165, 1.54) is 12.3 Å². The predicted octanol–water partition coefficient (Wildman–Crippen LogP) is 1.49. The van der Waals surface area contributed by atoms with Crippen molar-refractivity contribution in [2.75, 3.05) is 0 Å². The van der Waals surface area contributed by atoms with Gasteiger partial charge in [0, 0.05) is 17.3 Å². The first-order chi connectivity index (χ1) is 8.61. The van der Waals surface area contributed by atoms with E-state index in [1.807, 2.05) is 0 Å². The molecule has 0 radical (unpaired) electrons. The molecule has 0 fully saturated rings. The lowest BCUT2D eigenvalue weighted by atomic mass is 9.86. The van der Waals surface area contributed by atoms with Gasteiger partial charge in [-0.25, -0.2) is 4.79 Å². The van der Waals surface area contributed by atoms with Crippen molar-refractivity contribution in [2.24, 2.45) is 0 Å². The Morgan fingerprint density at radius 3 is 2.28 bits per heavy atom. The maximum atomic E-state index is 12.2. The number of benzene rings is 1. The van der Waals surface area contributed by atoms with Gasteiger partial charge in [-0.05, 0) is 0 Å². The summed E-state index contributed by atoms with van der Waals surface area (Å²) in [4.78, 5) is 37.9. The summed E-state index contributed by atoms with van der Waals surface area (Å²) in [6, 6.07) is 6.38. The standard InChI is InChI=1S/C13H7NO4/c15-11-6-3-1-2-4-7(6)12(16)10-9(11)8(5-14-10)13(17)18/h1-5,14H,(H,17,18). The van der Waals surface area contributed by atoms with Crippen LogP contribution in [0.15, 0.2) is 30.5 Å². The van der Waals surface area contributed by atoms with Gasteiger partial charge >= 0.3 is 5.97 Å². The summed E-state index contributed by atoms with van der Waals surface area (Å²) in [5.74, 6) is -2.01. The number of aromatic carboxylic acids is 1. The van der Waals surface area contributed by atoms with E-state index in [9.17, 15) is 14.4 Å². The van der Waals surface area contributed by atoms with Crippen molar-refractivity contribution in [1.82, 2.24) is 4.98 Å². The monoisotopic (exact) mass is 241 g/mol. The fourth-order valence-corrected chi connectivity index (χ4v) is 2.16. The number of fused-ring (bicyclic) bond motifs is 2. The van der Waals surface area contributed by atoms with Crippen LogP contribution in [0.25, 0.3) is 0 Å². The average Bonchev–Trinajstić information content (AvgIpc) is 2.81. The van der Waals surface area contributed by atoms with Gasteiger partial charge in [0.25, 0.3) is 0 Å². The molecule has 1 aromatic carbocycles. The van der Waals surface area contributed by atoms with Crippen LogP contribution in [0.2, 0.25) is 0 Å². The number of carbonyl (C=O) groups is 3. The van der Waals surface area contributed by atoms with E-state index >= 15 is 0 Å². The van der Waals surface area contributed by atoms with Crippen molar-refractivity contribution in [3.05, 3.63) is 58.4 Å². The molecule has 1 aromatic heterocycles. The molecule has 5 nitrogen and oxygen atoms in total. The van der Waals surface area contributed by atoms with E-state index in [0.717, 1.165) is 0 Å². The van der Waals surface area contributed by atoms with Gasteiger partial charge in [0.1, 0.15) is 0 Å². The number of hydrogen-bond acceptors (Lipinski definition) is 3. The molecule has 1 heterocycles. The van der Waals surface area contributed by atoms with Crippen molar-refractivity contribution >= 4 is 17.5 Å². The van der Waals surface area contributed by atoms with Crippen LogP contribution in [0.3, 0.4) is 0 Å². The third kappa shape index (κ3) is 1.18. The average molecular weight is 241 g/mol. The molecule has 0 saturated carbocycles. The van der Waals surface area contributed by atoms with Gasteiger partial charge in [0.15, 0.2) is 5.78 Å². The molecule has 2 aromatic rings. The minimum absolute atomic E-state index is 0.0498. The topological polar surface area (TPSA) is 87.2 Å². The normalized spacial score (nSPS) is 13.1. The molecule has 3 rings (SSSR count). The lowest BCUT2D eigenvalue weighted by molar-refractivity contribution is 0.0693. The van der Waals surface area contributed by atoms with E-state index in [4.69, 9.17) is 5.11 Å². The van der Waals surface area contributed by atoms with Crippen LogP contribution in [0.1, 0.15) is 42.3 Å². The minimum Gasteiger partial charge on any atom is -0.478 e. The van der Waals surface area contributed by atoms with Crippen LogP contribution < -0.4 is 0 Å². The lowest BCUT2D eigenvalue weighted by Crippen LogP contribution is -2.21. The summed E-state index contributed by atoms with van der Waals surface area (Å²) < 4.78 is 0. The maximum Gasteiger partial charge on any atom is 0.338 e. The first kappa shape index (κ1) is 10.5. The second-order valence-corrected chi connectivity index (χ2v) is 3.96. The molecule has 5 heteroatoms. The first-order valence-corrected chi connectivity index (χ1v) is 5.24. The molecule has 0 aliphatic heterocycles. The summed E-state index contributed by atoms with van der Waals surface area (Å²) in [5.41, 5.74) is 0.381. The largest absolute Gasteiger partial charge is 0.478 e. The lowest BCUT2D eigenvalue weighted by Gasteiger charge is -2.14. The van der Waals surface area contributed by atoms with Crippen LogP contribution in [0, 0.1) is 0 Å². The van der Waals surface area contributed by atoms with E-state index in [1.54, 1.807) is 18.2 Å². The summed E-state index contributed by atoms with van der Waals surface area (Å²) in [7, 11) is 0. The minimum atomic E-state index is -1.23. The van der Waals surface area contributed by atoms with Crippen molar-refractivity contribution in [1.29, 1.82) is 0 Å². The molecule has 2 N–H and O–H groups in total. The molecule has 1 aliphatic carbocycles. The number of ketones is 2. The molecule has 1 aliphatic rings. The van der Waals surface area contributed by atoms with Crippen molar-refractivity contribution in [2.45, 2.75) is 0 Å². The highest BCUT2D eigenvalue weighted by Gasteiger charge is 2.34. The first-order valence-electron chi connectivity index (χ1n) is 5.24. The Hall–Kier alpha value is -2.69. The Labute approximate surface area is 101 Å². The number of nitrogens with one attached hydrogen (secondary N) is 1. The summed E-state index contributed by atoms with van der Waals surface area (Å²) >= 11 is 0. The maximum absolute atomic E-state index is 12.2. The van der Waals surface area contributed by atoms with E-state index in [2.05, 4.69) is 4.98 Å². The van der Waals surface area contributed by atoms with Gasteiger partial charge in [0.2, 0.25) is 5.78 Å². The van der Waals surface area contributed by atoms with Crippen LogP contribution in [0.5, 0.6) is 0 Å². The van der Waals surface area contributed by atoms with Gasteiger partial charge in [-0.3, -0.25) is 9.59 Å². The third-order valence-corrected chi connectivity index (χ3v) is 2.98. The van der Waals surface area contributed by atoms with Gasteiger partial charge in [-0.15, -0.1) is 0 Å². The number of aromatic amines is 1. The zero-order valence-electron chi connectivity index (χ0n) is 9.06. The molecule has 0 spiro atoms. The number of rotatable bonds is 1. The van der Waals surface area contributed by atoms with Gasteiger partial charge in [0.05, 0.1) is 16.8 Å². The van der Waals surface area contributed by atoms with E-state index < -0.39 is 11.8 Å². The number of hydrogen-bond donors (Lipinski definition) is 2. The van der Waals surface area contributed by atoms with Crippen molar-refractivity contribution < 1.29 is 19.5 Å². The Morgan fingerprint density at radius 1 is 1.06 bits per heavy atom. The van der Waals surface area contributed by atoms with Crippen LogP contribution in [0.4, 0.5) is 0 Å². The SMILES string of the molecule is O=C(O)c1c[nH]c2c1C(=O)c1ccccc1C2=O. The van der Waals surface area contributed by atoms with Crippen LogP contribution >= 0.6 is 0 Å². The van der Waals surface area contributed by atoms with Gasteiger partial charge in [-0.2, -0.15) is 0 Å². The molecule has 18 heavy (non-hydrogen) atoms. The number of carbonyl (C=O) groups excluding carboxylic acids is 2. The molecule has 0 unspecified atom stereocenters. The predicted molar refractivity (Wildman–Crippen MR) is 61.1 cm³/mol. The molecular weight excluding hydrogens is 234 g/mol. The second-order valence-electron chi connectivity index (χ2n) is 3.96. The second kappa shape index (κ2) is 3.40. The quantitative estimate of drug-likeness (QED) is 0.675. The summed E-state index contributed by atoms with van der Waals surface area (Å²) in [6.07, 6.45) is 1.18. The molecule has 0 bridgehead atoms. The molecule has 0 saturated heterocycles. The van der Waals surface area contributed by atoms with Gasteiger partial charge < -0.3 is 10.1 Å². The smallest absolute Gasteiger partial charge is 0.338 e. The summed E-state index contributed by atoms with van der Waals surface area (Å²) in [6.45, 7) is 0. The van der Waals surface area contributed by atoms with Crippen molar-refractivity contribution in [3.8, 4) is 0 Å². The zero-order valence-corrected chi connectivity index (χ0v) is 9.06. The molecular formula is C13H7NO4.